The SMILES string of the molecule is O=C(O)c1ncncc1SC1COC1. The maximum Gasteiger partial charge on any atom is 0.355 e. The van der Waals surface area contributed by atoms with Gasteiger partial charge in [0, 0.05) is 6.20 Å². The summed E-state index contributed by atoms with van der Waals surface area (Å²) in [5, 5.41) is 9.17. The molecule has 0 spiro atoms. The summed E-state index contributed by atoms with van der Waals surface area (Å²) in [4.78, 5) is 18.9. The highest BCUT2D eigenvalue weighted by Gasteiger charge is 2.22. The third kappa shape index (κ3) is 1.85. The number of rotatable bonds is 3. The minimum atomic E-state index is -1.02. The van der Waals surface area contributed by atoms with E-state index in [1.165, 1.54) is 24.3 Å². The molecule has 0 bridgehead atoms. The van der Waals surface area contributed by atoms with Crippen LogP contribution in [-0.2, 0) is 4.74 Å². The molecule has 5 nitrogen and oxygen atoms in total. The van der Waals surface area contributed by atoms with Crippen molar-refractivity contribution in [1.82, 2.24) is 9.97 Å². The Bertz CT molecular complexity index is 354. The minimum Gasteiger partial charge on any atom is -0.476 e. The van der Waals surface area contributed by atoms with Crippen LogP contribution in [0.1, 0.15) is 10.5 Å². The molecule has 1 aromatic heterocycles. The Morgan fingerprint density at radius 3 is 3.00 bits per heavy atom. The molecule has 0 aromatic carbocycles. The van der Waals surface area contributed by atoms with Crippen LogP contribution in [0.4, 0.5) is 0 Å². The minimum absolute atomic E-state index is 0.0666. The van der Waals surface area contributed by atoms with E-state index >= 15 is 0 Å². The molecule has 0 atom stereocenters. The van der Waals surface area contributed by atoms with Crippen LogP contribution in [0.3, 0.4) is 0 Å². The van der Waals surface area contributed by atoms with E-state index in [0.717, 1.165) is 0 Å². The van der Waals surface area contributed by atoms with E-state index in [2.05, 4.69) is 9.97 Å². The van der Waals surface area contributed by atoms with Crippen LogP contribution in [-0.4, -0.2) is 39.5 Å². The number of aromatic nitrogens is 2. The van der Waals surface area contributed by atoms with Crippen LogP contribution in [0.25, 0.3) is 0 Å². The summed E-state index contributed by atoms with van der Waals surface area (Å²) in [7, 11) is 0. The third-order valence-electron chi connectivity index (χ3n) is 1.78. The number of hydrogen-bond acceptors (Lipinski definition) is 5. The van der Waals surface area contributed by atoms with Gasteiger partial charge in [-0.15, -0.1) is 11.8 Å². The van der Waals surface area contributed by atoms with Gasteiger partial charge in [-0.1, -0.05) is 0 Å². The van der Waals surface area contributed by atoms with Crippen molar-refractivity contribution in [3.63, 3.8) is 0 Å². The van der Waals surface area contributed by atoms with Gasteiger partial charge in [-0.25, -0.2) is 14.8 Å². The molecule has 0 amide bonds. The maximum absolute atomic E-state index is 10.8. The first-order valence-electron chi connectivity index (χ1n) is 4.05. The molecule has 0 saturated carbocycles. The summed E-state index contributed by atoms with van der Waals surface area (Å²) < 4.78 is 5.00. The number of thioether (sulfide) groups is 1. The smallest absolute Gasteiger partial charge is 0.355 e. The molecule has 14 heavy (non-hydrogen) atoms. The first-order chi connectivity index (χ1) is 6.77. The summed E-state index contributed by atoms with van der Waals surface area (Å²) >= 11 is 1.45. The predicted octanol–water partition coefficient (Wildman–Crippen LogP) is 0.666. The first-order valence-corrected chi connectivity index (χ1v) is 4.93. The Hall–Kier alpha value is -1.14. The molecule has 1 saturated heterocycles. The Morgan fingerprint density at radius 2 is 2.43 bits per heavy atom. The molecule has 1 aliphatic rings. The van der Waals surface area contributed by atoms with Crippen LogP contribution >= 0.6 is 11.8 Å². The highest BCUT2D eigenvalue weighted by molar-refractivity contribution is 8.00. The quantitative estimate of drug-likeness (QED) is 0.793. The molecule has 0 unspecified atom stereocenters. The van der Waals surface area contributed by atoms with Crippen LogP contribution < -0.4 is 0 Å². The molecule has 1 N–H and O–H groups in total. The standard InChI is InChI=1S/C8H8N2O3S/c11-8(12)7-6(1-9-4-10-7)14-5-2-13-3-5/h1,4-5H,2-3H2,(H,11,12). The van der Waals surface area contributed by atoms with Gasteiger partial charge in [0.2, 0.25) is 0 Å². The van der Waals surface area contributed by atoms with Crippen LogP contribution in [0.5, 0.6) is 0 Å². The van der Waals surface area contributed by atoms with E-state index in [4.69, 9.17) is 9.84 Å². The number of carboxylic acids is 1. The van der Waals surface area contributed by atoms with Gasteiger partial charge in [-0.2, -0.15) is 0 Å². The zero-order valence-corrected chi connectivity index (χ0v) is 8.03. The van der Waals surface area contributed by atoms with E-state index in [1.54, 1.807) is 0 Å². The van der Waals surface area contributed by atoms with Gasteiger partial charge in [0.25, 0.3) is 0 Å². The monoisotopic (exact) mass is 212 g/mol. The Labute approximate surface area is 84.5 Å². The second kappa shape index (κ2) is 3.93. The van der Waals surface area contributed by atoms with E-state index in [1.807, 2.05) is 0 Å². The zero-order chi connectivity index (χ0) is 9.97. The van der Waals surface area contributed by atoms with E-state index in [0.29, 0.717) is 23.4 Å². The number of nitrogens with zero attached hydrogens (tertiary/aromatic N) is 2. The highest BCUT2D eigenvalue weighted by atomic mass is 32.2. The van der Waals surface area contributed by atoms with Gasteiger partial charge in [0.1, 0.15) is 6.33 Å². The number of hydrogen-bond donors (Lipinski definition) is 1. The number of aromatic carboxylic acids is 1. The predicted molar refractivity (Wildman–Crippen MR) is 49.5 cm³/mol. The van der Waals surface area contributed by atoms with E-state index in [-0.39, 0.29) is 5.69 Å². The molecular formula is C8H8N2O3S. The molecule has 2 rings (SSSR count). The van der Waals surface area contributed by atoms with E-state index < -0.39 is 5.97 Å². The van der Waals surface area contributed by atoms with E-state index in [9.17, 15) is 4.79 Å². The Kier molecular flexibility index (Phi) is 2.64. The molecule has 6 heteroatoms. The lowest BCUT2D eigenvalue weighted by Crippen LogP contribution is -2.30. The van der Waals surface area contributed by atoms with Crippen molar-refractivity contribution < 1.29 is 14.6 Å². The molecule has 2 heterocycles. The molecule has 1 aromatic rings. The van der Waals surface area contributed by atoms with Crippen molar-refractivity contribution in [2.45, 2.75) is 10.1 Å². The van der Waals surface area contributed by atoms with Gasteiger partial charge in [-0.3, -0.25) is 0 Å². The average Bonchev–Trinajstić information content (AvgIpc) is 2.12. The van der Waals surface area contributed by atoms with Crippen molar-refractivity contribution in [2.24, 2.45) is 0 Å². The van der Waals surface area contributed by atoms with Gasteiger partial charge < -0.3 is 9.84 Å². The molecule has 1 aliphatic heterocycles. The second-order valence-corrected chi connectivity index (χ2v) is 4.16. The van der Waals surface area contributed by atoms with Crippen molar-refractivity contribution in [2.75, 3.05) is 13.2 Å². The summed E-state index contributed by atoms with van der Waals surface area (Å²) in [6, 6.07) is 0. The summed E-state index contributed by atoms with van der Waals surface area (Å²) in [5.41, 5.74) is 0.0666. The van der Waals surface area contributed by atoms with Gasteiger partial charge in [-0.05, 0) is 0 Å². The largest absolute Gasteiger partial charge is 0.476 e. The van der Waals surface area contributed by atoms with Gasteiger partial charge in [0.15, 0.2) is 5.69 Å². The highest BCUT2D eigenvalue weighted by Crippen LogP contribution is 2.28. The van der Waals surface area contributed by atoms with Crippen LogP contribution in [0.2, 0.25) is 0 Å². The van der Waals surface area contributed by atoms with Crippen molar-refractivity contribution in [3.8, 4) is 0 Å². The molecular weight excluding hydrogens is 204 g/mol. The fourth-order valence-electron chi connectivity index (χ4n) is 1.03. The van der Waals surface area contributed by atoms with Crippen molar-refractivity contribution in [1.29, 1.82) is 0 Å². The van der Waals surface area contributed by atoms with Crippen LogP contribution in [0.15, 0.2) is 17.4 Å². The van der Waals surface area contributed by atoms with Crippen molar-refractivity contribution in [3.05, 3.63) is 18.2 Å². The summed E-state index contributed by atoms with van der Waals surface area (Å²) in [5.74, 6) is -1.02. The fraction of sp³-hybridized carbons (Fsp3) is 0.375. The lowest BCUT2D eigenvalue weighted by atomic mass is 10.4. The maximum atomic E-state index is 10.8. The average molecular weight is 212 g/mol. The topological polar surface area (TPSA) is 72.3 Å². The molecule has 0 aliphatic carbocycles. The zero-order valence-electron chi connectivity index (χ0n) is 7.21. The Balaban J connectivity index is 2.17. The lowest BCUT2D eigenvalue weighted by molar-refractivity contribution is 0.0454. The normalized spacial score (nSPS) is 16.3. The lowest BCUT2D eigenvalue weighted by Gasteiger charge is -2.25. The number of carbonyl (C=O) groups is 1. The Morgan fingerprint density at radius 1 is 1.64 bits per heavy atom. The first kappa shape index (κ1) is 9.42. The summed E-state index contributed by atoms with van der Waals surface area (Å²) in [6.07, 6.45) is 2.77. The van der Waals surface area contributed by atoms with Gasteiger partial charge >= 0.3 is 5.97 Å². The van der Waals surface area contributed by atoms with Crippen LogP contribution in [0, 0.1) is 0 Å². The van der Waals surface area contributed by atoms with Gasteiger partial charge in [0.05, 0.1) is 23.4 Å². The summed E-state index contributed by atoms with van der Waals surface area (Å²) in [6.45, 7) is 1.33. The molecule has 74 valence electrons. The second-order valence-electron chi connectivity index (χ2n) is 2.82. The molecule has 0 radical (unpaired) electrons. The number of ether oxygens (including phenoxy) is 1. The van der Waals surface area contributed by atoms with Crippen molar-refractivity contribution >= 4 is 17.7 Å². The molecule has 1 fully saturated rings. The number of carboxylic acid groups (broad SMARTS) is 1. The fourth-order valence-corrected chi connectivity index (χ4v) is 2.09. The third-order valence-corrected chi connectivity index (χ3v) is 2.94.